The molecule has 0 aromatic heterocycles. The van der Waals surface area contributed by atoms with Crippen molar-refractivity contribution in [3.63, 3.8) is 0 Å². The molecule has 0 spiro atoms. The first kappa shape index (κ1) is 18.9. The Morgan fingerprint density at radius 1 is 1.11 bits per heavy atom. The largest absolute Gasteiger partial charge is 0.496 e. The molecule has 0 saturated carbocycles. The van der Waals surface area contributed by atoms with Crippen molar-refractivity contribution in [3.8, 4) is 5.75 Å². The lowest BCUT2D eigenvalue weighted by molar-refractivity contribution is 0.0172. The van der Waals surface area contributed by atoms with Gasteiger partial charge >= 0.3 is 0 Å². The molecule has 5 heteroatoms. The Morgan fingerprint density at radius 3 is 2.50 bits per heavy atom. The van der Waals surface area contributed by atoms with E-state index in [4.69, 9.17) is 4.74 Å². The smallest absolute Gasteiger partial charge is 0.254 e. The van der Waals surface area contributed by atoms with Crippen LogP contribution in [0, 0.1) is 5.82 Å². The van der Waals surface area contributed by atoms with Gasteiger partial charge in [-0.1, -0.05) is 36.8 Å². The van der Waals surface area contributed by atoms with E-state index in [2.05, 4.69) is 22.3 Å². The Labute approximate surface area is 165 Å². The quantitative estimate of drug-likeness (QED) is 0.845. The van der Waals surface area contributed by atoms with Crippen LogP contribution >= 0.6 is 0 Å². The minimum absolute atomic E-state index is 0.0938. The average molecular weight is 382 g/mol. The predicted octanol–water partition coefficient (Wildman–Crippen LogP) is 4.15. The van der Waals surface area contributed by atoms with Gasteiger partial charge in [-0.3, -0.25) is 9.69 Å². The Balaban J connectivity index is 1.45. The average Bonchev–Trinajstić information content (AvgIpc) is 2.69. The van der Waals surface area contributed by atoms with E-state index in [0.717, 1.165) is 38.0 Å². The topological polar surface area (TPSA) is 41.6 Å². The van der Waals surface area contributed by atoms with E-state index in [0.29, 0.717) is 12.1 Å². The van der Waals surface area contributed by atoms with Crippen molar-refractivity contribution in [2.45, 2.75) is 56.8 Å². The third-order valence-electron chi connectivity index (χ3n) is 6.13. The highest BCUT2D eigenvalue weighted by Gasteiger charge is 2.39. The summed E-state index contributed by atoms with van der Waals surface area (Å²) in [5, 5.41) is 3.08. The van der Waals surface area contributed by atoms with Gasteiger partial charge in [0.1, 0.15) is 11.6 Å². The number of benzene rings is 2. The van der Waals surface area contributed by atoms with Crippen LogP contribution < -0.4 is 10.1 Å². The van der Waals surface area contributed by atoms with Crippen molar-refractivity contribution < 1.29 is 13.9 Å². The molecule has 28 heavy (non-hydrogen) atoms. The number of hydrogen-bond acceptors (Lipinski definition) is 3. The van der Waals surface area contributed by atoms with Crippen LogP contribution in [0.5, 0.6) is 5.75 Å². The second-order valence-electron chi connectivity index (χ2n) is 7.84. The van der Waals surface area contributed by atoms with Crippen molar-refractivity contribution in [3.05, 3.63) is 65.5 Å². The van der Waals surface area contributed by atoms with Crippen LogP contribution in [0.1, 0.15) is 48.0 Å². The molecule has 2 atom stereocenters. The lowest BCUT2D eigenvalue weighted by Gasteiger charge is -2.49. The molecule has 2 aliphatic rings. The van der Waals surface area contributed by atoms with Gasteiger partial charge in [0.25, 0.3) is 5.91 Å². The van der Waals surface area contributed by atoms with Crippen LogP contribution in [-0.2, 0) is 6.54 Å². The number of nitrogens with zero attached hydrogens (tertiary/aromatic N) is 1. The molecule has 1 N–H and O–H groups in total. The number of para-hydroxylation sites is 1. The van der Waals surface area contributed by atoms with E-state index in [1.807, 2.05) is 12.1 Å². The number of methoxy groups -OCH3 is 1. The summed E-state index contributed by atoms with van der Waals surface area (Å²) in [5.41, 5.74) is 1.33. The van der Waals surface area contributed by atoms with Crippen LogP contribution in [0.15, 0.2) is 48.5 Å². The molecular weight excluding hydrogens is 355 g/mol. The maximum absolute atomic E-state index is 13.9. The van der Waals surface area contributed by atoms with Crippen molar-refractivity contribution in [2.75, 3.05) is 7.11 Å². The molecular formula is C23H27FN2O2. The van der Waals surface area contributed by atoms with Gasteiger partial charge in [0.2, 0.25) is 0 Å². The van der Waals surface area contributed by atoms with Gasteiger partial charge in [-0.15, -0.1) is 0 Å². The molecule has 2 saturated heterocycles. The highest BCUT2D eigenvalue weighted by molar-refractivity contribution is 5.94. The van der Waals surface area contributed by atoms with Gasteiger partial charge in [0.05, 0.1) is 12.7 Å². The third-order valence-corrected chi connectivity index (χ3v) is 6.13. The highest BCUT2D eigenvalue weighted by atomic mass is 19.1. The Hall–Kier alpha value is -2.40. The summed E-state index contributed by atoms with van der Waals surface area (Å²) in [7, 11) is 1.71. The van der Waals surface area contributed by atoms with Crippen molar-refractivity contribution in [2.24, 2.45) is 0 Å². The van der Waals surface area contributed by atoms with Crippen LogP contribution in [0.25, 0.3) is 0 Å². The lowest BCUT2D eigenvalue weighted by Crippen LogP contribution is -2.56. The predicted molar refractivity (Wildman–Crippen MR) is 107 cm³/mol. The zero-order valence-electron chi connectivity index (χ0n) is 16.2. The van der Waals surface area contributed by atoms with Crippen molar-refractivity contribution in [1.29, 1.82) is 0 Å². The normalized spacial score (nSPS) is 24.6. The second kappa shape index (κ2) is 8.31. The Kier molecular flexibility index (Phi) is 5.62. The van der Waals surface area contributed by atoms with E-state index >= 15 is 0 Å². The molecule has 2 aromatic rings. The fraction of sp³-hybridized carbons (Fsp3) is 0.435. The molecule has 2 aromatic carbocycles. The molecule has 2 aliphatic heterocycles. The van der Waals surface area contributed by atoms with E-state index in [1.54, 1.807) is 25.3 Å². The fourth-order valence-electron chi connectivity index (χ4n) is 4.79. The maximum Gasteiger partial charge on any atom is 0.254 e. The van der Waals surface area contributed by atoms with Gasteiger partial charge in [-0.05, 0) is 43.9 Å². The number of piperidine rings is 2. The van der Waals surface area contributed by atoms with Crippen molar-refractivity contribution in [1.82, 2.24) is 10.2 Å². The SMILES string of the molecule is COc1ccccc1CN1C2CCCC1CC(NC(=O)c1ccccc1F)C2. The summed E-state index contributed by atoms with van der Waals surface area (Å²) in [6.45, 7) is 0.868. The minimum atomic E-state index is -0.464. The van der Waals surface area contributed by atoms with Gasteiger partial charge < -0.3 is 10.1 Å². The lowest BCUT2D eigenvalue weighted by atomic mass is 9.81. The summed E-state index contributed by atoms with van der Waals surface area (Å²) < 4.78 is 19.4. The van der Waals surface area contributed by atoms with Gasteiger partial charge in [0, 0.05) is 30.2 Å². The molecule has 4 rings (SSSR count). The second-order valence-corrected chi connectivity index (χ2v) is 7.84. The Bertz CT molecular complexity index is 827. The van der Waals surface area contributed by atoms with Gasteiger partial charge in [-0.2, -0.15) is 0 Å². The van der Waals surface area contributed by atoms with Gasteiger partial charge in [0.15, 0.2) is 0 Å². The summed E-state index contributed by atoms with van der Waals surface area (Å²) >= 11 is 0. The standard InChI is InChI=1S/C23H27FN2O2/c1-28-22-12-5-2-7-16(22)15-26-18-8-6-9-19(26)14-17(13-18)25-23(27)20-10-3-4-11-21(20)24/h2-5,7,10-12,17-19H,6,8-9,13-15H2,1H3,(H,25,27). The number of carbonyl (C=O) groups excluding carboxylic acids is 1. The zero-order valence-corrected chi connectivity index (χ0v) is 16.2. The summed E-state index contributed by atoms with van der Waals surface area (Å²) in [6.07, 6.45) is 5.32. The van der Waals surface area contributed by atoms with E-state index in [9.17, 15) is 9.18 Å². The number of nitrogens with one attached hydrogen (secondary N) is 1. The molecule has 0 radical (unpaired) electrons. The van der Waals surface area contributed by atoms with Crippen LogP contribution in [-0.4, -0.2) is 36.0 Å². The van der Waals surface area contributed by atoms with E-state index < -0.39 is 5.82 Å². The zero-order chi connectivity index (χ0) is 19.5. The summed E-state index contributed by atoms with van der Waals surface area (Å²) in [4.78, 5) is 15.1. The Morgan fingerprint density at radius 2 is 1.79 bits per heavy atom. The first-order chi connectivity index (χ1) is 13.7. The molecule has 4 nitrogen and oxygen atoms in total. The number of halogens is 1. The first-order valence-corrected chi connectivity index (χ1v) is 10.1. The molecule has 2 heterocycles. The molecule has 2 bridgehead atoms. The monoisotopic (exact) mass is 382 g/mol. The summed E-state index contributed by atoms with van der Waals surface area (Å²) in [6, 6.07) is 15.3. The van der Waals surface area contributed by atoms with Crippen LogP contribution in [0.2, 0.25) is 0 Å². The van der Waals surface area contributed by atoms with Gasteiger partial charge in [-0.25, -0.2) is 4.39 Å². The van der Waals surface area contributed by atoms with E-state index in [-0.39, 0.29) is 17.5 Å². The number of carbonyl (C=O) groups is 1. The number of hydrogen-bond donors (Lipinski definition) is 1. The molecule has 148 valence electrons. The highest BCUT2D eigenvalue weighted by Crippen LogP contribution is 2.36. The van der Waals surface area contributed by atoms with E-state index in [1.165, 1.54) is 18.1 Å². The maximum atomic E-state index is 13.9. The number of rotatable bonds is 5. The molecule has 1 amide bonds. The third kappa shape index (κ3) is 3.90. The fourth-order valence-corrected chi connectivity index (χ4v) is 4.79. The number of ether oxygens (including phenoxy) is 1. The molecule has 2 unspecified atom stereocenters. The first-order valence-electron chi connectivity index (χ1n) is 10.1. The summed E-state index contributed by atoms with van der Waals surface area (Å²) in [5.74, 6) is 0.156. The number of amides is 1. The minimum Gasteiger partial charge on any atom is -0.496 e. The van der Waals surface area contributed by atoms with Crippen LogP contribution in [0.4, 0.5) is 4.39 Å². The molecule has 2 fully saturated rings. The number of fused-ring (bicyclic) bond motifs is 2. The van der Waals surface area contributed by atoms with Crippen molar-refractivity contribution >= 4 is 5.91 Å². The molecule has 0 aliphatic carbocycles. The van der Waals surface area contributed by atoms with Crippen LogP contribution in [0.3, 0.4) is 0 Å².